The van der Waals surface area contributed by atoms with Crippen molar-refractivity contribution in [2.45, 2.75) is 0 Å². The molecule has 0 saturated carbocycles. The first-order valence-corrected chi connectivity index (χ1v) is 18.8. The molecule has 0 fully saturated rings. The molecule has 0 aliphatic carbocycles. The summed E-state index contributed by atoms with van der Waals surface area (Å²) in [5.74, 6) is 1.82. The van der Waals surface area contributed by atoms with Gasteiger partial charge in [0.2, 0.25) is 0 Å². The number of fused-ring (bicyclic) bond motifs is 6. The third-order valence-corrected chi connectivity index (χ3v) is 10.6. The highest BCUT2D eigenvalue weighted by atomic mass is 16.3. The minimum Gasteiger partial charge on any atom is -0.456 e. The Morgan fingerprint density at radius 3 is 1.66 bits per heavy atom. The normalized spacial score (nSPS) is 11.6. The van der Waals surface area contributed by atoms with E-state index in [1.165, 1.54) is 27.5 Å². The van der Waals surface area contributed by atoms with Crippen molar-refractivity contribution < 1.29 is 4.42 Å². The van der Waals surface area contributed by atoms with Gasteiger partial charge in [-0.2, -0.15) is 0 Å². The number of aromatic nitrogens is 4. The van der Waals surface area contributed by atoms with Crippen LogP contribution in [0.2, 0.25) is 0 Å². The summed E-state index contributed by atoms with van der Waals surface area (Å²) >= 11 is 0. The van der Waals surface area contributed by atoms with Crippen LogP contribution in [0.25, 0.3) is 106 Å². The smallest absolute Gasteiger partial charge is 0.164 e. The molecule has 8 aromatic carbocycles. The SMILES string of the molecule is c1ccc(-c2cc(-c3ccccc3)c3c4ccccc4n(-c4cccc(-c5nc(-c6ccccc6)nc(-c6ccc7oc8ccccc8c7c6)n5)c4)c3c2)cc1. The molecule has 0 N–H and O–H groups in total. The van der Waals surface area contributed by atoms with E-state index in [9.17, 15) is 0 Å². The molecule has 0 amide bonds. The van der Waals surface area contributed by atoms with E-state index >= 15 is 0 Å². The van der Waals surface area contributed by atoms with Gasteiger partial charge in [-0.25, -0.2) is 15.0 Å². The van der Waals surface area contributed by atoms with Crippen LogP contribution in [0.15, 0.2) is 199 Å². The van der Waals surface area contributed by atoms with Crippen molar-refractivity contribution in [2.24, 2.45) is 0 Å². The molecule has 0 bridgehead atoms. The van der Waals surface area contributed by atoms with Gasteiger partial charge in [-0.15, -0.1) is 0 Å². The topological polar surface area (TPSA) is 56.7 Å². The van der Waals surface area contributed by atoms with Crippen LogP contribution in [0.1, 0.15) is 0 Å². The zero-order valence-corrected chi connectivity index (χ0v) is 30.2. The third-order valence-electron chi connectivity index (χ3n) is 10.6. The molecule has 11 rings (SSSR count). The van der Waals surface area contributed by atoms with Gasteiger partial charge in [0.05, 0.1) is 11.0 Å². The average molecular weight is 717 g/mol. The Bertz CT molecular complexity index is 3240. The molecule has 5 heteroatoms. The summed E-state index contributed by atoms with van der Waals surface area (Å²) in [6.07, 6.45) is 0. The highest BCUT2D eigenvalue weighted by molar-refractivity contribution is 6.17. The minimum atomic E-state index is 0.600. The van der Waals surface area contributed by atoms with Crippen LogP contribution in [0, 0.1) is 0 Å². The molecular weight excluding hydrogens is 685 g/mol. The van der Waals surface area contributed by atoms with Crippen LogP contribution in [0.3, 0.4) is 0 Å². The maximum absolute atomic E-state index is 6.15. The molecule has 0 spiro atoms. The Balaban J connectivity index is 1.13. The number of benzene rings is 8. The van der Waals surface area contributed by atoms with E-state index in [0.29, 0.717) is 17.5 Å². The fourth-order valence-corrected chi connectivity index (χ4v) is 8.02. The number of hydrogen-bond acceptors (Lipinski definition) is 4. The van der Waals surface area contributed by atoms with Crippen LogP contribution in [0.5, 0.6) is 0 Å². The zero-order chi connectivity index (χ0) is 37.0. The van der Waals surface area contributed by atoms with Gasteiger partial charge < -0.3 is 8.98 Å². The lowest BCUT2D eigenvalue weighted by atomic mass is 9.94. The fourth-order valence-electron chi connectivity index (χ4n) is 8.02. The third kappa shape index (κ3) is 5.37. The summed E-state index contributed by atoms with van der Waals surface area (Å²) in [7, 11) is 0. The van der Waals surface area contributed by atoms with Crippen molar-refractivity contribution in [2.75, 3.05) is 0 Å². The van der Waals surface area contributed by atoms with Gasteiger partial charge in [-0.1, -0.05) is 140 Å². The summed E-state index contributed by atoms with van der Waals surface area (Å²) in [5, 5.41) is 4.50. The maximum Gasteiger partial charge on any atom is 0.164 e. The number of rotatable bonds is 6. The van der Waals surface area contributed by atoms with Gasteiger partial charge >= 0.3 is 0 Å². The van der Waals surface area contributed by atoms with Gasteiger partial charge in [-0.3, -0.25) is 0 Å². The molecule has 0 atom stereocenters. The molecule has 5 nitrogen and oxygen atoms in total. The Kier molecular flexibility index (Phi) is 7.42. The quantitative estimate of drug-likeness (QED) is 0.172. The average Bonchev–Trinajstić information content (AvgIpc) is 3.82. The van der Waals surface area contributed by atoms with Crippen molar-refractivity contribution in [3.8, 4) is 62.1 Å². The molecule has 0 aliphatic rings. The Morgan fingerprint density at radius 2 is 0.911 bits per heavy atom. The lowest BCUT2D eigenvalue weighted by Crippen LogP contribution is -2.01. The standard InChI is InChI=1S/C51H32N4O/c1-4-15-33(16-5-1)38-31-42(34-17-6-2-7-18-34)48-41-24-10-12-25-44(41)55(45(48)32-38)39-22-14-21-36(29-39)50-52-49(35-19-8-3-9-20-35)53-51(54-50)37-27-28-47-43(30-37)40-23-11-13-26-46(40)56-47/h1-32H. The largest absolute Gasteiger partial charge is 0.456 e. The van der Waals surface area contributed by atoms with Gasteiger partial charge in [0, 0.05) is 43.9 Å². The second-order valence-electron chi connectivity index (χ2n) is 14.0. The van der Waals surface area contributed by atoms with Gasteiger partial charge in [0.1, 0.15) is 11.2 Å². The summed E-state index contributed by atoms with van der Waals surface area (Å²) in [6, 6.07) is 67.6. The molecule has 0 aliphatic heterocycles. The second kappa shape index (κ2) is 13.0. The molecule has 11 aromatic rings. The highest BCUT2D eigenvalue weighted by Crippen LogP contribution is 2.42. The Hall–Kier alpha value is -7.63. The number of nitrogens with zero attached hydrogens (tertiary/aromatic N) is 4. The van der Waals surface area contributed by atoms with E-state index in [1.807, 2.05) is 60.7 Å². The van der Waals surface area contributed by atoms with E-state index in [4.69, 9.17) is 19.4 Å². The minimum absolute atomic E-state index is 0.600. The summed E-state index contributed by atoms with van der Waals surface area (Å²) in [4.78, 5) is 15.3. The molecule has 3 heterocycles. The van der Waals surface area contributed by atoms with E-state index in [1.54, 1.807) is 0 Å². The predicted molar refractivity (Wildman–Crippen MR) is 229 cm³/mol. The molecule has 0 radical (unpaired) electrons. The predicted octanol–water partition coefficient (Wildman–Crippen LogP) is 13.2. The van der Waals surface area contributed by atoms with Crippen molar-refractivity contribution in [1.29, 1.82) is 0 Å². The fraction of sp³-hybridized carbons (Fsp3) is 0. The monoisotopic (exact) mass is 716 g/mol. The first kappa shape index (κ1) is 31.9. The van der Waals surface area contributed by atoms with E-state index in [0.717, 1.165) is 60.9 Å². The van der Waals surface area contributed by atoms with Crippen molar-refractivity contribution in [3.05, 3.63) is 194 Å². The van der Waals surface area contributed by atoms with Gasteiger partial charge in [0.25, 0.3) is 0 Å². The van der Waals surface area contributed by atoms with Crippen LogP contribution >= 0.6 is 0 Å². The summed E-state index contributed by atoms with van der Waals surface area (Å²) in [6.45, 7) is 0. The number of furan rings is 1. The summed E-state index contributed by atoms with van der Waals surface area (Å²) < 4.78 is 8.53. The first-order chi connectivity index (χ1) is 27.7. The van der Waals surface area contributed by atoms with E-state index in [2.05, 4.69) is 138 Å². The number of para-hydroxylation sites is 2. The number of hydrogen-bond donors (Lipinski definition) is 0. The summed E-state index contributed by atoms with van der Waals surface area (Å²) in [5.41, 5.74) is 12.4. The van der Waals surface area contributed by atoms with Crippen LogP contribution in [-0.2, 0) is 0 Å². The van der Waals surface area contributed by atoms with Gasteiger partial charge in [-0.05, 0) is 76.9 Å². The van der Waals surface area contributed by atoms with Crippen LogP contribution in [0.4, 0.5) is 0 Å². The van der Waals surface area contributed by atoms with Crippen LogP contribution in [-0.4, -0.2) is 19.5 Å². The molecule has 56 heavy (non-hydrogen) atoms. The maximum atomic E-state index is 6.15. The Labute approximate surface area is 322 Å². The van der Waals surface area contributed by atoms with Crippen molar-refractivity contribution >= 4 is 43.7 Å². The van der Waals surface area contributed by atoms with E-state index < -0.39 is 0 Å². The lowest BCUT2D eigenvalue weighted by Gasteiger charge is -2.13. The Morgan fingerprint density at radius 1 is 0.339 bits per heavy atom. The molecular formula is C51H32N4O. The first-order valence-electron chi connectivity index (χ1n) is 18.8. The lowest BCUT2D eigenvalue weighted by molar-refractivity contribution is 0.669. The van der Waals surface area contributed by atoms with Gasteiger partial charge in [0.15, 0.2) is 17.5 Å². The molecule has 3 aromatic heterocycles. The van der Waals surface area contributed by atoms with Crippen molar-refractivity contribution in [1.82, 2.24) is 19.5 Å². The molecule has 0 unspecified atom stereocenters. The van der Waals surface area contributed by atoms with E-state index in [-0.39, 0.29) is 0 Å². The second-order valence-corrected chi connectivity index (χ2v) is 14.0. The zero-order valence-electron chi connectivity index (χ0n) is 30.2. The molecule has 262 valence electrons. The van der Waals surface area contributed by atoms with Crippen molar-refractivity contribution in [3.63, 3.8) is 0 Å². The molecule has 0 saturated heterocycles. The van der Waals surface area contributed by atoms with Crippen LogP contribution < -0.4 is 0 Å². The highest BCUT2D eigenvalue weighted by Gasteiger charge is 2.20.